The van der Waals surface area contributed by atoms with Crippen LogP contribution < -0.4 is 4.90 Å². The molecule has 1 N–H and O–H groups in total. The Hall–Kier alpha value is -1.19. The zero-order chi connectivity index (χ0) is 14.8. The SMILES string of the molecule is C[C@H](O)c1cc([N+](=O)[O-])c(N(C)CCS(C)(=O)=O)s1. The van der Waals surface area contributed by atoms with Gasteiger partial charge in [0.1, 0.15) is 9.84 Å². The molecule has 19 heavy (non-hydrogen) atoms. The van der Waals surface area contributed by atoms with E-state index in [-0.39, 0.29) is 18.0 Å². The number of aliphatic hydroxyl groups excluding tert-OH is 1. The quantitative estimate of drug-likeness (QED) is 0.626. The summed E-state index contributed by atoms with van der Waals surface area (Å²) in [6.45, 7) is 1.69. The molecule has 0 unspecified atom stereocenters. The monoisotopic (exact) mass is 308 g/mol. The van der Waals surface area contributed by atoms with Crippen LogP contribution in [0.1, 0.15) is 17.9 Å². The largest absolute Gasteiger partial charge is 0.388 e. The number of hydrogen-bond donors (Lipinski definition) is 1. The first-order valence-corrected chi connectivity index (χ1v) is 8.34. The number of rotatable bonds is 6. The van der Waals surface area contributed by atoms with Crippen LogP contribution in [0.5, 0.6) is 0 Å². The van der Waals surface area contributed by atoms with Crippen molar-refractivity contribution in [3.63, 3.8) is 0 Å². The smallest absolute Gasteiger partial charge is 0.304 e. The van der Waals surface area contributed by atoms with Crippen LogP contribution in [0.15, 0.2) is 6.07 Å². The molecule has 7 nitrogen and oxygen atoms in total. The molecule has 1 rings (SSSR count). The second-order valence-corrected chi connectivity index (χ2v) is 7.65. The molecule has 0 aliphatic heterocycles. The van der Waals surface area contributed by atoms with Crippen molar-refractivity contribution in [3.05, 3.63) is 21.1 Å². The highest BCUT2D eigenvalue weighted by atomic mass is 32.2. The molecule has 0 amide bonds. The molecule has 0 saturated carbocycles. The van der Waals surface area contributed by atoms with Crippen molar-refractivity contribution in [1.29, 1.82) is 0 Å². The molecule has 1 aromatic heterocycles. The van der Waals surface area contributed by atoms with Gasteiger partial charge < -0.3 is 10.0 Å². The minimum Gasteiger partial charge on any atom is -0.388 e. The maximum Gasteiger partial charge on any atom is 0.304 e. The number of nitro groups is 1. The second kappa shape index (κ2) is 5.85. The van der Waals surface area contributed by atoms with E-state index in [0.717, 1.165) is 17.6 Å². The summed E-state index contributed by atoms with van der Waals surface area (Å²) >= 11 is 1.09. The van der Waals surface area contributed by atoms with Gasteiger partial charge in [0.15, 0.2) is 5.00 Å². The Morgan fingerprint density at radius 3 is 2.58 bits per heavy atom. The average Bonchev–Trinajstić information content (AvgIpc) is 2.69. The fourth-order valence-electron chi connectivity index (χ4n) is 1.40. The van der Waals surface area contributed by atoms with Gasteiger partial charge in [-0.2, -0.15) is 0 Å². The zero-order valence-corrected chi connectivity index (χ0v) is 12.5. The lowest BCUT2D eigenvalue weighted by Gasteiger charge is -2.15. The minimum atomic E-state index is -3.13. The van der Waals surface area contributed by atoms with Crippen molar-refractivity contribution in [2.75, 3.05) is 30.5 Å². The van der Waals surface area contributed by atoms with Gasteiger partial charge >= 0.3 is 5.69 Å². The third-order valence-electron chi connectivity index (χ3n) is 2.47. The Morgan fingerprint density at radius 2 is 2.16 bits per heavy atom. The van der Waals surface area contributed by atoms with Crippen LogP contribution in [-0.4, -0.2) is 44.0 Å². The van der Waals surface area contributed by atoms with Crippen LogP contribution in [0.2, 0.25) is 0 Å². The first kappa shape index (κ1) is 15.9. The molecule has 0 fully saturated rings. The van der Waals surface area contributed by atoms with Gasteiger partial charge in [-0.3, -0.25) is 10.1 Å². The lowest BCUT2D eigenvalue weighted by Crippen LogP contribution is -2.24. The van der Waals surface area contributed by atoms with Gasteiger partial charge in [0.25, 0.3) is 0 Å². The van der Waals surface area contributed by atoms with E-state index in [1.165, 1.54) is 17.9 Å². The third-order valence-corrected chi connectivity index (χ3v) is 4.80. The molecular formula is C10H16N2O5S2. The highest BCUT2D eigenvalue weighted by Gasteiger charge is 2.24. The number of nitrogens with zero attached hydrogens (tertiary/aromatic N) is 2. The Labute approximate surface area is 115 Å². The lowest BCUT2D eigenvalue weighted by molar-refractivity contribution is -0.383. The summed E-state index contributed by atoms with van der Waals surface area (Å²) in [5.74, 6) is -0.0808. The second-order valence-electron chi connectivity index (χ2n) is 4.32. The zero-order valence-electron chi connectivity index (χ0n) is 10.9. The van der Waals surface area contributed by atoms with E-state index in [1.807, 2.05) is 0 Å². The van der Waals surface area contributed by atoms with E-state index in [1.54, 1.807) is 7.05 Å². The standard InChI is InChI=1S/C10H16N2O5S2/c1-7(13)9-6-8(12(14)15)10(18-9)11(2)4-5-19(3,16)17/h6-7,13H,4-5H2,1-3H3/t7-/m0/s1. The minimum absolute atomic E-state index is 0.0808. The van der Waals surface area contributed by atoms with Crippen LogP contribution in [0.25, 0.3) is 0 Å². The number of aliphatic hydroxyl groups is 1. The predicted molar refractivity (Wildman–Crippen MR) is 74.6 cm³/mol. The number of hydrogen-bond acceptors (Lipinski definition) is 7. The topological polar surface area (TPSA) is 101 Å². The molecule has 1 heterocycles. The highest BCUT2D eigenvalue weighted by Crippen LogP contribution is 2.39. The van der Waals surface area contributed by atoms with Crippen molar-refractivity contribution < 1.29 is 18.4 Å². The summed E-state index contributed by atoms with van der Waals surface area (Å²) in [7, 11) is -1.53. The van der Waals surface area contributed by atoms with Crippen LogP contribution in [0, 0.1) is 10.1 Å². The molecule has 0 radical (unpaired) electrons. The molecule has 108 valence electrons. The maximum atomic E-state index is 11.1. The van der Waals surface area contributed by atoms with Crippen molar-refractivity contribution in [3.8, 4) is 0 Å². The Morgan fingerprint density at radius 1 is 1.58 bits per heavy atom. The highest BCUT2D eigenvalue weighted by molar-refractivity contribution is 7.90. The van der Waals surface area contributed by atoms with E-state index in [0.29, 0.717) is 9.88 Å². The Balaban J connectivity index is 3.00. The maximum absolute atomic E-state index is 11.1. The Bertz CT molecular complexity index is 564. The summed E-state index contributed by atoms with van der Waals surface area (Å²) in [6.07, 6.45) is 0.325. The number of thiophene rings is 1. The van der Waals surface area contributed by atoms with Crippen LogP contribution in [0.4, 0.5) is 10.7 Å². The third kappa shape index (κ3) is 4.44. The lowest BCUT2D eigenvalue weighted by atomic mass is 10.3. The first-order chi connectivity index (χ1) is 8.61. The predicted octanol–water partition coefficient (Wildman–Crippen LogP) is 1.19. The summed E-state index contributed by atoms with van der Waals surface area (Å²) in [5, 5.41) is 20.8. The van der Waals surface area contributed by atoms with E-state index >= 15 is 0 Å². The van der Waals surface area contributed by atoms with Crippen molar-refractivity contribution in [1.82, 2.24) is 0 Å². The summed E-state index contributed by atoms with van der Waals surface area (Å²) in [4.78, 5) is 12.4. The molecule has 1 aromatic rings. The van der Waals surface area contributed by atoms with Gasteiger partial charge in [-0.1, -0.05) is 0 Å². The summed E-state index contributed by atoms with van der Waals surface area (Å²) < 4.78 is 22.2. The van der Waals surface area contributed by atoms with Gasteiger partial charge in [0.05, 0.1) is 16.8 Å². The molecule has 0 saturated heterocycles. The van der Waals surface area contributed by atoms with Crippen LogP contribution in [-0.2, 0) is 9.84 Å². The first-order valence-electron chi connectivity index (χ1n) is 5.47. The van der Waals surface area contributed by atoms with Crippen LogP contribution in [0.3, 0.4) is 0 Å². The van der Waals surface area contributed by atoms with Gasteiger partial charge in [-0.15, -0.1) is 11.3 Å². The van der Waals surface area contributed by atoms with E-state index in [2.05, 4.69) is 0 Å². The van der Waals surface area contributed by atoms with Crippen molar-refractivity contribution in [2.24, 2.45) is 0 Å². The fraction of sp³-hybridized carbons (Fsp3) is 0.600. The molecule has 0 bridgehead atoms. The molecule has 9 heteroatoms. The van der Waals surface area contributed by atoms with Crippen LogP contribution >= 0.6 is 11.3 Å². The van der Waals surface area contributed by atoms with Gasteiger partial charge in [-0.05, 0) is 6.92 Å². The summed E-state index contributed by atoms with van der Waals surface area (Å²) in [5.41, 5.74) is -0.114. The molecule has 0 aliphatic rings. The van der Waals surface area contributed by atoms with Gasteiger partial charge in [-0.25, -0.2) is 8.42 Å². The molecular weight excluding hydrogens is 292 g/mol. The van der Waals surface area contributed by atoms with Crippen molar-refractivity contribution >= 4 is 31.9 Å². The van der Waals surface area contributed by atoms with Gasteiger partial charge in [0, 0.05) is 30.8 Å². The average molecular weight is 308 g/mol. The van der Waals surface area contributed by atoms with E-state index in [9.17, 15) is 23.6 Å². The Kier molecular flexibility index (Phi) is 4.88. The van der Waals surface area contributed by atoms with Crippen molar-refractivity contribution in [2.45, 2.75) is 13.0 Å². The van der Waals surface area contributed by atoms with E-state index < -0.39 is 20.9 Å². The number of sulfone groups is 1. The molecule has 0 aromatic carbocycles. The van der Waals surface area contributed by atoms with E-state index in [4.69, 9.17) is 0 Å². The number of anilines is 1. The summed E-state index contributed by atoms with van der Waals surface area (Å²) in [6, 6.07) is 1.32. The molecule has 0 aliphatic carbocycles. The molecule has 1 atom stereocenters. The normalized spacial score (nSPS) is 13.3. The molecule has 0 spiro atoms. The van der Waals surface area contributed by atoms with Gasteiger partial charge in [0.2, 0.25) is 0 Å². The fourth-order valence-corrected chi connectivity index (χ4v) is 3.06.